The third kappa shape index (κ3) is 4.99. The van der Waals surface area contributed by atoms with Crippen molar-refractivity contribution in [3.05, 3.63) is 59.7 Å². The van der Waals surface area contributed by atoms with E-state index in [4.69, 9.17) is 14.2 Å². The average molecular weight is 437 g/mol. The summed E-state index contributed by atoms with van der Waals surface area (Å²) in [7, 11) is 3.07. The standard InChI is InChI=1S/C25H27NO6/c1-25(2,3)32-23(28)15-18-17-8-6-7-9-19(17)26(24(18)29)22(27)13-11-16-10-12-20(30-4)21(14-16)31-5/h6-14,18H,15H2,1-5H3. The fraction of sp³-hybridized carbons (Fsp3) is 0.320. The Balaban J connectivity index is 1.83. The Morgan fingerprint density at radius 1 is 1.03 bits per heavy atom. The molecule has 0 saturated carbocycles. The van der Waals surface area contributed by atoms with Gasteiger partial charge < -0.3 is 14.2 Å². The van der Waals surface area contributed by atoms with Gasteiger partial charge in [-0.2, -0.15) is 0 Å². The normalized spacial score (nSPS) is 15.6. The molecule has 0 aromatic heterocycles. The Morgan fingerprint density at radius 2 is 1.72 bits per heavy atom. The van der Waals surface area contributed by atoms with Crippen molar-refractivity contribution in [1.82, 2.24) is 0 Å². The average Bonchev–Trinajstić information content (AvgIpc) is 3.02. The van der Waals surface area contributed by atoms with Crippen molar-refractivity contribution < 1.29 is 28.6 Å². The fourth-order valence-corrected chi connectivity index (χ4v) is 3.57. The Bertz CT molecular complexity index is 1070. The highest BCUT2D eigenvalue weighted by Gasteiger charge is 2.41. The summed E-state index contributed by atoms with van der Waals surface area (Å²) in [6, 6.07) is 12.2. The van der Waals surface area contributed by atoms with Gasteiger partial charge in [0, 0.05) is 6.08 Å². The van der Waals surface area contributed by atoms with Gasteiger partial charge in [-0.1, -0.05) is 24.3 Å². The minimum absolute atomic E-state index is 0.129. The van der Waals surface area contributed by atoms with Gasteiger partial charge in [0.15, 0.2) is 11.5 Å². The van der Waals surface area contributed by atoms with Crippen molar-refractivity contribution in [1.29, 1.82) is 0 Å². The molecule has 7 heteroatoms. The molecule has 0 spiro atoms. The zero-order valence-corrected chi connectivity index (χ0v) is 18.9. The first-order valence-electron chi connectivity index (χ1n) is 10.2. The van der Waals surface area contributed by atoms with E-state index >= 15 is 0 Å². The summed E-state index contributed by atoms with van der Waals surface area (Å²) in [5.74, 6) is -1.09. The maximum atomic E-state index is 13.1. The SMILES string of the molecule is COc1ccc(C=CC(=O)N2C(=O)C(CC(=O)OC(C)(C)C)c3ccccc32)cc1OC. The number of hydrogen-bond donors (Lipinski definition) is 0. The van der Waals surface area contributed by atoms with Gasteiger partial charge in [-0.15, -0.1) is 0 Å². The monoisotopic (exact) mass is 437 g/mol. The van der Waals surface area contributed by atoms with Gasteiger partial charge in [-0.05, 0) is 56.2 Å². The van der Waals surface area contributed by atoms with E-state index < -0.39 is 29.3 Å². The number of carbonyl (C=O) groups excluding carboxylic acids is 3. The Kier molecular flexibility index (Phi) is 6.67. The molecule has 0 aliphatic carbocycles. The number of rotatable bonds is 6. The van der Waals surface area contributed by atoms with E-state index in [1.165, 1.54) is 13.2 Å². The van der Waals surface area contributed by atoms with Crippen LogP contribution in [0.2, 0.25) is 0 Å². The minimum Gasteiger partial charge on any atom is -0.493 e. The maximum absolute atomic E-state index is 13.1. The second-order valence-corrected chi connectivity index (χ2v) is 8.36. The smallest absolute Gasteiger partial charge is 0.307 e. The first kappa shape index (κ1) is 23.1. The molecule has 3 rings (SSSR count). The summed E-state index contributed by atoms with van der Waals surface area (Å²) in [5, 5.41) is 0. The van der Waals surface area contributed by atoms with Gasteiger partial charge in [0.05, 0.1) is 32.2 Å². The third-order valence-electron chi connectivity index (χ3n) is 4.91. The van der Waals surface area contributed by atoms with Crippen LogP contribution in [0.25, 0.3) is 6.08 Å². The highest BCUT2D eigenvalue weighted by molar-refractivity contribution is 6.25. The summed E-state index contributed by atoms with van der Waals surface area (Å²) in [5.41, 5.74) is 1.17. The van der Waals surface area contributed by atoms with Crippen LogP contribution < -0.4 is 14.4 Å². The molecule has 32 heavy (non-hydrogen) atoms. The molecule has 2 aromatic carbocycles. The molecule has 0 bridgehead atoms. The van der Waals surface area contributed by atoms with Gasteiger partial charge in [-0.3, -0.25) is 14.4 Å². The topological polar surface area (TPSA) is 82.1 Å². The van der Waals surface area contributed by atoms with Crippen LogP contribution in [0.4, 0.5) is 5.69 Å². The quantitative estimate of drug-likeness (QED) is 0.500. The van der Waals surface area contributed by atoms with Gasteiger partial charge in [0.25, 0.3) is 5.91 Å². The van der Waals surface area contributed by atoms with Crippen molar-refractivity contribution in [3.8, 4) is 11.5 Å². The first-order chi connectivity index (χ1) is 15.1. The molecule has 1 atom stereocenters. The van der Waals surface area contributed by atoms with Crippen LogP contribution in [-0.4, -0.2) is 37.6 Å². The van der Waals surface area contributed by atoms with Gasteiger partial charge in [0.1, 0.15) is 5.60 Å². The van der Waals surface area contributed by atoms with Crippen molar-refractivity contribution in [2.45, 2.75) is 38.7 Å². The van der Waals surface area contributed by atoms with E-state index in [-0.39, 0.29) is 6.42 Å². The Hall–Kier alpha value is -3.61. The minimum atomic E-state index is -0.764. The number of esters is 1. The van der Waals surface area contributed by atoms with Gasteiger partial charge in [-0.25, -0.2) is 4.90 Å². The largest absolute Gasteiger partial charge is 0.493 e. The molecule has 1 aliphatic rings. The van der Waals surface area contributed by atoms with E-state index in [2.05, 4.69) is 0 Å². The number of methoxy groups -OCH3 is 2. The van der Waals surface area contributed by atoms with Crippen LogP contribution in [0.1, 0.15) is 44.2 Å². The summed E-state index contributed by atoms with van der Waals surface area (Å²) >= 11 is 0. The van der Waals surface area contributed by atoms with E-state index in [0.29, 0.717) is 28.3 Å². The molecular formula is C25H27NO6. The highest BCUT2D eigenvalue weighted by Crippen LogP contribution is 2.39. The number of carbonyl (C=O) groups is 3. The van der Waals surface area contributed by atoms with E-state index in [9.17, 15) is 14.4 Å². The zero-order chi connectivity index (χ0) is 23.5. The number of amides is 2. The van der Waals surface area contributed by atoms with Gasteiger partial charge >= 0.3 is 5.97 Å². The Morgan fingerprint density at radius 3 is 2.38 bits per heavy atom. The molecular weight excluding hydrogens is 410 g/mol. The predicted octanol–water partition coefficient (Wildman–Crippen LogP) is 4.11. The molecule has 7 nitrogen and oxygen atoms in total. The van der Waals surface area contributed by atoms with Crippen LogP contribution >= 0.6 is 0 Å². The molecule has 168 valence electrons. The number of anilines is 1. The van der Waals surface area contributed by atoms with E-state index in [1.807, 2.05) is 0 Å². The van der Waals surface area contributed by atoms with Crippen LogP contribution in [0.15, 0.2) is 48.5 Å². The first-order valence-corrected chi connectivity index (χ1v) is 10.2. The second kappa shape index (κ2) is 9.26. The van der Waals surface area contributed by atoms with Gasteiger partial charge in [0.2, 0.25) is 5.91 Å². The van der Waals surface area contributed by atoms with E-state index in [1.54, 1.807) is 76.4 Å². The van der Waals surface area contributed by atoms with Crippen LogP contribution in [0.3, 0.4) is 0 Å². The van der Waals surface area contributed by atoms with E-state index in [0.717, 1.165) is 4.90 Å². The lowest BCUT2D eigenvalue weighted by Gasteiger charge is -2.20. The summed E-state index contributed by atoms with van der Waals surface area (Å²) in [4.78, 5) is 39.6. The summed E-state index contributed by atoms with van der Waals surface area (Å²) < 4.78 is 15.9. The van der Waals surface area contributed by atoms with Crippen LogP contribution in [0.5, 0.6) is 11.5 Å². The summed E-state index contributed by atoms with van der Waals surface area (Å²) in [6.45, 7) is 5.30. The number of nitrogens with zero attached hydrogens (tertiary/aromatic N) is 1. The van der Waals surface area contributed by atoms with Crippen LogP contribution in [0, 0.1) is 0 Å². The zero-order valence-electron chi connectivity index (χ0n) is 18.9. The lowest BCUT2D eigenvalue weighted by molar-refractivity contribution is -0.156. The molecule has 1 heterocycles. The molecule has 0 radical (unpaired) electrons. The molecule has 2 aromatic rings. The lowest BCUT2D eigenvalue weighted by atomic mass is 9.97. The molecule has 1 aliphatic heterocycles. The molecule has 2 amide bonds. The number of benzene rings is 2. The maximum Gasteiger partial charge on any atom is 0.307 e. The van der Waals surface area contributed by atoms with Crippen LogP contribution in [-0.2, 0) is 19.1 Å². The number of ether oxygens (including phenoxy) is 3. The highest BCUT2D eigenvalue weighted by atomic mass is 16.6. The predicted molar refractivity (Wildman–Crippen MR) is 121 cm³/mol. The molecule has 0 saturated heterocycles. The van der Waals surface area contributed by atoms with Crippen molar-refractivity contribution in [2.24, 2.45) is 0 Å². The van der Waals surface area contributed by atoms with Crippen molar-refractivity contribution in [2.75, 3.05) is 19.1 Å². The lowest BCUT2D eigenvalue weighted by Crippen LogP contribution is -2.35. The van der Waals surface area contributed by atoms with Crippen molar-refractivity contribution >= 4 is 29.5 Å². The fourth-order valence-electron chi connectivity index (χ4n) is 3.57. The third-order valence-corrected chi connectivity index (χ3v) is 4.91. The molecule has 0 fully saturated rings. The summed E-state index contributed by atoms with van der Waals surface area (Å²) in [6.07, 6.45) is 2.80. The number of hydrogen-bond acceptors (Lipinski definition) is 6. The molecule has 0 N–H and O–H groups in total. The Labute approximate surface area is 187 Å². The second-order valence-electron chi connectivity index (χ2n) is 8.36. The number of para-hydroxylation sites is 1. The molecule has 1 unspecified atom stereocenters. The van der Waals surface area contributed by atoms with Crippen molar-refractivity contribution in [3.63, 3.8) is 0 Å². The number of fused-ring (bicyclic) bond motifs is 1. The number of imide groups is 1.